The van der Waals surface area contributed by atoms with Crippen molar-refractivity contribution in [1.29, 1.82) is 0 Å². The molecule has 19 heavy (non-hydrogen) atoms. The zero-order valence-corrected chi connectivity index (χ0v) is 11.9. The summed E-state index contributed by atoms with van der Waals surface area (Å²) in [7, 11) is 1.96. The Morgan fingerprint density at radius 3 is 2.95 bits per heavy atom. The molecule has 2 atom stereocenters. The number of nitrogens with zero attached hydrogens (tertiary/aromatic N) is 1. The second-order valence-corrected chi connectivity index (χ2v) is 4.97. The topological polar surface area (TPSA) is 43.4 Å². The molecule has 2 heterocycles. The zero-order valence-electron chi connectivity index (χ0n) is 11.9. The van der Waals surface area contributed by atoms with Gasteiger partial charge in [-0.3, -0.25) is 4.98 Å². The van der Waals surface area contributed by atoms with E-state index < -0.39 is 0 Å². The van der Waals surface area contributed by atoms with Crippen molar-refractivity contribution >= 4 is 0 Å². The van der Waals surface area contributed by atoms with E-state index in [1.807, 2.05) is 19.2 Å². The minimum Gasteiger partial charge on any atom is -0.489 e. The fourth-order valence-electron chi connectivity index (χ4n) is 2.37. The highest BCUT2D eigenvalue weighted by Crippen LogP contribution is 2.18. The highest BCUT2D eigenvalue weighted by atomic mass is 16.5. The van der Waals surface area contributed by atoms with Gasteiger partial charge in [-0.25, -0.2) is 0 Å². The molecule has 1 aromatic heterocycles. The van der Waals surface area contributed by atoms with Crippen LogP contribution in [0.1, 0.15) is 44.3 Å². The Morgan fingerprint density at radius 2 is 2.37 bits per heavy atom. The first-order chi connectivity index (χ1) is 9.33. The quantitative estimate of drug-likeness (QED) is 0.858. The number of aromatic nitrogens is 1. The summed E-state index contributed by atoms with van der Waals surface area (Å²) < 4.78 is 11.4. The van der Waals surface area contributed by atoms with Crippen molar-refractivity contribution in [3.8, 4) is 5.75 Å². The van der Waals surface area contributed by atoms with Crippen LogP contribution in [0.3, 0.4) is 0 Å². The molecule has 2 rings (SSSR count). The van der Waals surface area contributed by atoms with Gasteiger partial charge >= 0.3 is 0 Å². The Hall–Kier alpha value is -1.13. The lowest BCUT2D eigenvalue weighted by atomic mass is 10.1. The lowest BCUT2D eigenvalue weighted by Crippen LogP contribution is -2.25. The molecule has 0 amide bonds. The normalized spacial score (nSPS) is 21.1. The molecule has 1 fully saturated rings. The largest absolute Gasteiger partial charge is 0.489 e. The monoisotopic (exact) mass is 264 g/mol. The van der Waals surface area contributed by atoms with Crippen LogP contribution in [-0.2, 0) is 4.74 Å². The Kier molecular flexibility index (Phi) is 5.61. The van der Waals surface area contributed by atoms with Crippen molar-refractivity contribution in [2.75, 3.05) is 20.3 Å². The van der Waals surface area contributed by atoms with E-state index in [1.165, 1.54) is 12.8 Å². The lowest BCUT2D eigenvalue weighted by molar-refractivity contribution is -0.0111. The second-order valence-electron chi connectivity index (χ2n) is 4.97. The molecule has 2 unspecified atom stereocenters. The SMILES string of the molecule is CCC(NC)c1ccc(OCC2CCCCO2)cn1. The van der Waals surface area contributed by atoms with Crippen molar-refractivity contribution in [2.24, 2.45) is 0 Å². The number of hydrogen-bond donors (Lipinski definition) is 1. The molecule has 0 bridgehead atoms. The van der Waals surface area contributed by atoms with Gasteiger partial charge in [0.1, 0.15) is 12.4 Å². The maximum atomic E-state index is 5.74. The third-order valence-electron chi connectivity index (χ3n) is 3.58. The van der Waals surface area contributed by atoms with Crippen LogP contribution in [-0.4, -0.2) is 31.3 Å². The maximum Gasteiger partial charge on any atom is 0.137 e. The van der Waals surface area contributed by atoms with E-state index in [9.17, 15) is 0 Å². The summed E-state index contributed by atoms with van der Waals surface area (Å²) in [5.41, 5.74) is 1.06. The molecule has 1 aromatic rings. The number of ether oxygens (including phenoxy) is 2. The fourth-order valence-corrected chi connectivity index (χ4v) is 2.37. The van der Waals surface area contributed by atoms with Gasteiger partial charge in [0.2, 0.25) is 0 Å². The van der Waals surface area contributed by atoms with Crippen LogP contribution in [0.2, 0.25) is 0 Å². The molecule has 0 spiro atoms. The molecule has 0 radical (unpaired) electrons. The molecule has 1 aliphatic heterocycles. The summed E-state index contributed by atoms with van der Waals surface area (Å²) in [4.78, 5) is 4.46. The molecule has 4 nitrogen and oxygen atoms in total. The van der Waals surface area contributed by atoms with Crippen LogP contribution in [0.4, 0.5) is 0 Å². The van der Waals surface area contributed by atoms with E-state index in [0.717, 1.165) is 30.9 Å². The van der Waals surface area contributed by atoms with Gasteiger partial charge in [0, 0.05) is 12.6 Å². The van der Waals surface area contributed by atoms with Gasteiger partial charge in [0.05, 0.1) is 18.0 Å². The highest BCUT2D eigenvalue weighted by Gasteiger charge is 2.14. The van der Waals surface area contributed by atoms with E-state index >= 15 is 0 Å². The summed E-state index contributed by atoms with van der Waals surface area (Å²) in [5.74, 6) is 0.823. The van der Waals surface area contributed by atoms with Gasteiger partial charge in [0.25, 0.3) is 0 Å². The Labute approximate surface area is 115 Å². The average Bonchev–Trinajstić information content (AvgIpc) is 2.49. The first kappa shape index (κ1) is 14.3. The molecule has 106 valence electrons. The first-order valence-corrected chi connectivity index (χ1v) is 7.21. The smallest absolute Gasteiger partial charge is 0.137 e. The molecule has 1 N–H and O–H groups in total. The second kappa shape index (κ2) is 7.46. The Bertz CT molecular complexity index is 357. The predicted molar refractivity (Wildman–Crippen MR) is 75.4 cm³/mol. The summed E-state index contributed by atoms with van der Waals surface area (Å²) >= 11 is 0. The summed E-state index contributed by atoms with van der Waals surface area (Å²) in [6.07, 6.45) is 6.59. The van der Waals surface area contributed by atoms with Crippen LogP contribution in [0.25, 0.3) is 0 Å². The van der Waals surface area contributed by atoms with E-state index in [-0.39, 0.29) is 6.10 Å². The maximum absolute atomic E-state index is 5.74. The van der Waals surface area contributed by atoms with E-state index in [0.29, 0.717) is 12.6 Å². The summed E-state index contributed by atoms with van der Waals surface area (Å²) in [5, 5.41) is 3.25. The van der Waals surface area contributed by atoms with Crippen LogP contribution >= 0.6 is 0 Å². The van der Waals surface area contributed by atoms with Gasteiger partial charge in [-0.2, -0.15) is 0 Å². The lowest BCUT2D eigenvalue weighted by Gasteiger charge is -2.22. The minimum atomic E-state index is 0.245. The van der Waals surface area contributed by atoms with Crippen molar-refractivity contribution in [3.63, 3.8) is 0 Å². The van der Waals surface area contributed by atoms with Crippen molar-refractivity contribution < 1.29 is 9.47 Å². The van der Waals surface area contributed by atoms with Gasteiger partial charge in [0.15, 0.2) is 0 Å². The van der Waals surface area contributed by atoms with E-state index in [4.69, 9.17) is 9.47 Å². The molecular formula is C15H24N2O2. The van der Waals surface area contributed by atoms with Crippen molar-refractivity contribution in [1.82, 2.24) is 10.3 Å². The number of hydrogen-bond acceptors (Lipinski definition) is 4. The first-order valence-electron chi connectivity index (χ1n) is 7.21. The average molecular weight is 264 g/mol. The standard InChI is InChI=1S/C15H24N2O2/c1-3-14(16-2)15-8-7-12(10-17-15)19-11-13-6-4-5-9-18-13/h7-8,10,13-14,16H,3-6,9,11H2,1-2H3. The third-order valence-corrected chi connectivity index (χ3v) is 3.58. The summed E-state index contributed by atoms with van der Waals surface area (Å²) in [6, 6.07) is 4.34. The van der Waals surface area contributed by atoms with Crippen molar-refractivity contribution in [2.45, 2.75) is 44.8 Å². The van der Waals surface area contributed by atoms with Gasteiger partial charge in [-0.15, -0.1) is 0 Å². The number of rotatable bonds is 6. The predicted octanol–water partition coefficient (Wildman–Crippen LogP) is 2.70. The molecule has 1 aliphatic rings. The zero-order chi connectivity index (χ0) is 13.5. The fraction of sp³-hybridized carbons (Fsp3) is 0.667. The minimum absolute atomic E-state index is 0.245. The molecular weight excluding hydrogens is 240 g/mol. The Balaban J connectivity index is 1.84. The van der Waals surface area contributed by atoms with Crippen LogP contribution < -0.4 is 10.1 Å². The summed E-state index contributed by atoms with van der Waals surface area (Å²) in [6.45, 7) is 3.64. The van der Waals surface area contributed by atoms with Crippen LogP contribution in [0.5, 0.6) is 5.75 Å². The molecule has 0 aromatic carbocycles. The number of pyridine rings is 1. The highest BCUT2D eigenvalue weighted by molar-refractivity contribution is 5.21. The van der Waals surface area contributed by atoms with E-state index in [2.05, 4.69) is 17.2 Å². The van der Waals surface area contributed by atoms with Crippen molar-refractivity contribution in [3.05, 3.63) is 24.0 Å². The molecule has 0 saturated carbocycles. The van der Waals surface area contributed by atoms with Crippen LogP contribution in [0.15, 0.2) is 18.3 Å². The number of nitrogens with one attached hydrogen (secondary N) is 1. The van der Waals surface area contributed by atoms with Gasteiger partial charge < -0.3 is 14.8 Å². The third kappa shape index (κ3) is 4.18. The molecule has 4 heteroatoms. The Morgan fingerprint density at radius 1 is 1.47 bits per heavy atom. The van der Waals surface area contributed by atoms with Gasteiger partial charge in [-0.05, 0) is 44.9 Å². The van der Waals surface area contributed by atoms with E-state index in [1.54, 1.807) is 6.20 Å². The van der Waals surface area contributed by atoms with Crippen LogP contribution in [0, 0.1) is 0 Å². The molecule has 0 aliphatic carbocycles. The van der Waals surface area contributed by atoms with Gasteiger partial charge in [-0.1, -0.05) is 6.92 Å². The molecule has 1 saturated heterocycles.